The van der Waals surface area contributed by atoms with Gasteiger partial charge in [-0.25, -0.2) is 0 Å². The number of alkyl halides is 3. The summed E-state index contributed by atoms with van der Waals surface area (Å²) in [6.45, 7) is 6.76. The Morgan fingerprint density at radius 1 is 1.23 bits per heavy atom. The van der Waals surface area contributed by atoms with Crippen molar-refractivity contribution in [2.24, 2.45) is 11.8 Å². The average molecular weight is 369 g/mol. The Balaban J connectivity index is 1.38. The zero-order valence-corrected chi connectivity index (χ0v) is 15.1. The first kappa shape index (κ1) is 19.0. The molecule has 1 aliphatic carbocycles. The van der Waals surface area contributed by atoms with Crippen molar-refractivity contribution in [3.8, 4) is 0 Å². The maximum Gasteiger partial charge on any atom is 0.416 e. The van der Waals surface area contributed by atoms with Crippen LogP contribution in [0.2, 0.25) is 0 Å². The molecule has 144 valence electrons. The Hall–Kier alpha value is -1.76. The first-order valence-electron chi connectivity index (χ1n) is 9.27. The van der Waals surface area contributed by atoms with E-state index >= 15 is 0 Å². The van der Waals surface area contributed by atoms with Gasteiger partial charge < -0.3 is 10.2 Å². The molecule has 1 saturated heterocycles. The number of hydrogen-bond acceptors (Lipinski definition) is 3. The summed E-state index contributed by atoms with van der Waals surface area (Å²) in [6, 6.07) is 5.54. The molecule has 1 N–H and O–H groups in total. The van der Waals surface area contributed by atoms with Crippen LogP contribution in [0.15, 0.2) is 24.3 Å². The number of carbonyl (C=O) groups is 1. The van der Waals surface area contributed by atoms with E-state index < -0.39 is 11.7 Å². The molecule has 0 radical (unpaired) electrons. The summed E-state index contributed by atoms with van der Waals surface area (Å²) in [5, 5.41) is 2.99. The number of halogens is 3. The van der Waals surface area contributed by atoms with Crippen molar-refractivity contribution < 1.29 is 18.0 Å². The number of nitrogens with one attached hydrogen (secondary N) is 1. The molecule has 1 amide bonds. The predicted octanol–water partition coefficient (Wildman–Crippen LogP) is 2.99. The van der Waals surface area contributed by atoms with E-state index in [-0.39, 0.29) is 11.8 Å². The van der Waals surface area contributed by atoms with E-state index in [0.29, 0.717) is 31.2 Å². The van der Waals surface area contributed by atoms with Gasteiger partial charge in [-0.15, -0.1) is 0 Å². The number of carbonyl (C=O) groups excluding carboxylic acids is 1. The SMILES string of the molecule is CC1CC1C(=O)NCCCN1CCN(c2cccc(C(F)(F)F)c2)CC1. The highest BCUT2D eigenvalue weighted by molar-refractivity contribution is 5.81. The molecule has 7 heteroatoms. The Morgan fingerprint density at radius 2 is 1.92 bits per heavy atom. The summed E-state index contributed by atoms with van der Waals surface area (Å²) >= 11 is 0. The van der Waals surface area contributed by atoms with Crippen LogP contribution >= 0.6 is 0 Å². The fourth-order valence-corrected chi connectivity index (χ4v) is 3.44. The lowest BCUT2D eigenvalue weighted by atomic mass is 10.1. The number of hydrogen-bond donors (Lipinski definition) is 1. The Kier molecular flexibility index (Phi) is 5.75. The van der Waals surface area contributed by atoms with Crippen molar-refractivity contribution in [2.45, 2.75) is 25.9 Å². The lowest BCUT2D eigenvalue weighted by Gasteiger charge is -2.36. The van der Waals surface area contributed by atoms with Gasteiger partial charge >= 0.3 is 6.18 Å². The maximum atomic E-state index is 12.8. The molecule has 0 spiro atoms. The Labute approximate surface area is 152 Å². The minimum Gasteiger partial charge on any atom is -0.369 e. The van der Waals surface area contributed by atoms with Crippen molar-refractivity contribution in [3.05, 3.63) is 29.8 Å². The van der Waals surface area contributed by atoms with Gasteiger partial charge in [-0.2, -0.15) is 13.2 Å². The molecule has 1 aromatic rings. The molecule has 0 aromatic heterocycles. The van der Waals surface area contributed by atoms with Crippen LogP contribution in [-0.4, -0.2) is 50.1 Å². The van der Waals surface area contributed by atoms with Crippen LogP contribution in [0.4, 0.5) is 18.9 Å². The second-order valence-corrected chi connectivity index (χ2v) is 7.34. The van der Waals surface area contributed by atoms with Crippen molar-refractivity contribution >= 4 is 11.6 Å². The molecular weight excluding hydrogens is 343 g/mol. The fourth-order valence-electron chi connectivity index (χ4n) is 3.44. The van der Waals surface area contributed by atoms with Gasteiger partial charge in [0.15, 0.2) is 0 Å². The Morgan fingerprint density at radius 3 is 2.54 bits per heavy atom. The van der Waals surface area contributed by atoms with Gasteiger partial charge in [0, 0.05) is 44.3 Å². The number of nitrogens with zero attached hydrogens (tertiary/aromatic N) is 2. The second-order valence-electron chi connectivity index (χ2n) is 7.34. The van der Waals surface area contributed by atoms with Crippen LogP contribution in [0.5, 0.6) is 0 Å². The number of benzene rings is 1. The van der Waals surface area contributed by atoms with Crippen LogP contribution < -0.4 is 10.2 Å². The lowest BCUT2D eigenvalue weighted by Crippen LogP contribution is -2.47. The highest BCUT2D eigenvalue weighted by Gasteiger charge is 2.38. The highest BCUT2D eigenvalue weighted by atomic mass is 19.4. The fraction of sp³-hybridized carbons (Fsp3) is 0.632. The number of anilines is 1. The summed E-state index contributed by atoms with van der Waals surface area (Å²) in [7, 11) is 0. The van der Waals surface area contributed by atoms with Gasteiger partial charge in [0.05, 0.1) is 5.56 Å². The first-order valence-corrected chi connectivity index (χ1v) is 9.27. The molecule has 2 unspecified atom stereocenters. The highest BCUT2D eigenvalue weighted by Crippen LogP contribution is 2.37. The summed E-state index contributed by atoms with van der Waals surface area (Å²) in [4.78, 5) is 16.1. The van der Waals surface area contributed by atoms with Gasteiger partial charge in [-0.1, -0.05) is 13.0 Å². The maximum absolute atomic E-state index is 12.8. The molecule has 26 heavy (non-hydrogen) atoms. The van der Waals surface area contributed by atoms with E-state index in [1.54, 1.807) is 6.07 Å². The van der Waals surface area contributed by atoms with Crippen LogP contribution in [-0.2, 0) is 11.0 Å². The van der Waals surface area contributed by atoms with Crippen LogP contribution in [0, 0.1) is 11.8 Å². The van der Waals surface area contributed by atoms with Crippen molar-refractivity contribution in [2.75, 3.05) is 44.2 Å². The lowest BCUT2D eigenvalue weighted by molar-refractivity contribution is -0.137. The first-order chi connectivity index (χ1) is 12.3. The number of amides is 1. The van der Waals surface area contributed by atoms with E-state index in [9.17, 15) is 18.0 Å². The second kappa shape index (κ2) is 7.86. The molecule has 0 bridgehead atoms. The molecule has 4 nitrogen and oxygen atoms in total. The van der Waals surface area contributed by atoms with E-state index in [4.69, 9.17) is 0 Å². The molecule has 3 rings (SSSR count). The standard InChI is InChI=1S/C19H26F3N3O/c1-14-12-17(14)18(26)23-6-3-7-24-8-10-25(11-9-24)16-5-2-4-15(13-16)19(20,21)22/h2,4-5,13-14,17H,3,6-12H2,1H3,(H,23,26). The zero-order chi connectivity index (χ0) is 18.7. The zero-order valence-electron chi connectivity index (χ0n) is 15.1. The van der Waals surface area contributed by atoms with Crippen molar-refractivity contribution in [1.82, 2.24) is 10.2 Å². The Bertz CT molecular complexity index is 627. The quantitative estimate of drug-likeness (QED) is 0.783. The smallest absolute Gasteiger partial charge is 0.369 e. The molecule has 2 aliphatic rings. The van der Waals surface area contributed by atoms with Gasteiger partial charge in [-0.3, -0.25) is 9.69 Å². The van der Waals surface area contributed by atoms with E-state index in [1.807, 2.05) is 4.90 Å². The minimum absolute atomic E-state index is 0.173. The number of rotatable bonds is 6. The monoisotopic (exact) mass is 369 g/mol. The van der Waals surface area contributed by atoms with Gasteiger partial charge in [0.25, 0.3) is 0 Å². The molecule has 1 heterocycles. The van der Waals surface area contributed by atoms with Crippen molar-refractivity contribution in [1.29, 1.82) is 0 Å². The largest absolute Gasteiger partial charge is 0.416 e. The molecule has 1 saturated carbocycles. The normalized spacial score (nSPS) is 23.8. The van der Waals surface area contributed by atoms with Gasteiger partial charge in [0.1, 0.15) is 0 Å². The van der Waals surface area contributed by atoms with E-state index in [2.05, 4.69) is 17.1 Å². The van der Waals surface area contributed by atoms with E-state index in [0.717, 1.165) is 38.5 Å². The predicted molar refractivity (Wildman–Crippen MR) is 95.0 cm³/mol. The van der Waals surface area contributed by atoms with Crippen LogP contribution in [0.25, 0.3) is 0 Å². The van der Waals surface area contributed by atoms with Crippen molar-refractivity contribution in [3.63, 3.8) is 0 Å². The average Bonchev–Trinajstić information content (AvgIpc) is 3.35. The summed E-state index contributed by atoms with van der Waals surface area (Å²) in [5.74, 6) is 0.914. The van der Waals surface area contributed by atoms with Gasteiger partial charge in [-0.05, 0) is 43.5 Å². The summed E-state index contributed by atoms with van der Waals surface area (Å²) < 4.78 is 38.5. The topological polar surface area (TPSA) is 35.6 Å². The minimum atomic E-state index is -4.31. The van der Waals surface area contributed by atoms with Gasteiger partial charge in [0.2, 0.25) is 5.91 Å². The third-order valence-electron chi connectivity index (χ3n) is 5.31. The number of piperazine rings is 1. The third-order valence-corrected chi connectivity index (χ3v) is 5.31. The molecular formula is C19H26F3N3O. The van der Waals surface area contributed by atoms with Crippen LogP contribution in [0.3, 0.4) is 0 Å². The molecule has 2 atom stereocenters. The molecule has 2 fully saturated rings. The third kappa shape index (κ3) is 4.90. The molecule has 1 aromatic carbocycles. The summed E-state index contributed by atoms with van der Waals surface area (Å²) in [6.07, 6.45) is -2.40. The summed E-state index contributed by atoms with van der Waals surface area (Å²) in [5.41, 5.74) is 0.0310. The van der Waals surface area contributed by atoms with E-state index in [1.165, 1.54) is 12.1 Å². The molecule has 1 aliphatic heterocycles. The van der Waals surface area contributed by atoms with Crippen LogP contribution in [0.1, 0.15) is 25.3 Å².